The average Bonchev–Trinajstić information content (AvgIpc) is 1.88. The van der Waals surface area contributed by atoms with Crippen molar-refractivity contribution in [1.29, 1.82) is 0 Å². The van der Waals surface area contributed by atoms with E-state index in [1.807, 2.05) is 0 Å². The third-order valence-electron chi connectivity index (χ3n) is 1.37. The quantitative estimate of drug-likeness (QED) is 0.544. The molecule has 1 nitrogen and oxygen atoms in total. The maximum Gasteiger partial charge on any atom is 0.138 e. The standard InChI is InChI=1S/C9H12.HOP/c1-7-4-8(2)6-9(3)5-7;1-2/h4-6H,1-3H3;2H. The molecule has 0 N–H and O–H groups in total. The molecule has 0 unspecified atom stereocenters. The van der Waals surface area contributed by atoms with E-state index in [1.54, 1.807) is 9.12 Å². The molecule has 0 saturated carbocycles. The van der Waals surface area contributed by atoms with Gasteiger partial charge in [0.25, 0.3) is 0 Å². The normalized spacial score (nSPS) is 8.27. The lowest BCUT2D eigenvalue weighted by Crippen LogP contribution is -1.78. The second kappa shape index (κ2) is 5.03. The molecule has 0 aliphatic rings. The van der Waals surface area contributed by atoms with E-state index in [0.29, 0.717) is 0 Å². The number of aryl methyl sites for hydroxylation is 3. The first-order valence-electron chi connectivity index (χ1n) is 3.44. The van der Waals surface area contributed by atoms with Gasteiger partial charge in [0, 0.05) is 0 Å². The molecule has 0 bridgehead atoms. The van der Waals surface area contributed by atoms with E-state index in [0.717, 1.165) is 0 Å². The molecule has 11 heavy (non-hydrogen) atoms. The minimum absolute atomic E-state index is 1.35. The van der Waals surface area contributed by atoms with Crippen LogP contribution in [-0.2, 0) is 4.57 Å². The molecular weight excluding hydrogens is 155 g/mol. The van der Waals surface area contributed by atoms with Crippen molar-refractivity contribution in [3.63, 3.8) is 0 Å². The zero-order chi connectivity index (χ0) is 8.85. The highest BCUT2D eigenvalue weighted by Gasteiger charge is 1.87. The first-order valence-corrected chi connectivity index (χ1v) is 3.84. The van der Waals surface area contributed by atoms with E-state index in [1.165, 1.54) is 16.7 Å². The summed E-state index contributed by atoms with van der Waals surface area (Å²) in [7, 11) is 1.72. The summed E-state index contributed by atoms with van der Waals surface area (Å²) in [5.41, 5.74) is 4.06. The topological polar surface area (TPSA) is 17.1 Å². The minimum Gasteiger partial charge on any atom is -0.279 e. The van der Waals surface area contributed by atoms with Crippen LogP contribution in [0.25, 0.3) is 0 Å². The van der Waals surface area contributed by atoms with Gasteiger partial charge in [-0.3, -0.25) is 4.57 Å². The van der Waals surface area contributed by atoms with E-state index in [9.17, 15) is 0 Å². The first kappa shape index (κ1) is 10.3. The van der Waals surface area contributed by atoms with Crippen molar-refractivity contribution >= 4 is 9.12 Å². The fourth-order valence-electron chi connectivity index (χ4n) is 1.20. The van der Waals surface area contributed by atoms with Crippen molar-refractivity contribution in [2.45, 2.75) is 20.8 Å². The van der Waals surface area contributed by atoms with Gasteiger partial charge in [0.15, 0.2) is 0 Å². The summed E-state index contributed by atoms with van der Waals surface area (Å²) >= 11 is 0. The fourth-order valence-corrected chi connectivity index (χ4v) is 1.20. The number of hydrogen-bond acceptors (Lipinski definition) is 1. The van der Waals surface area contributed by atoms with Gasteiger partial charge in [-0.25, -0.2) is 0 Å². The molecule has 0 radical (unpaired) electrons. The molecule has 2 heteroatoms. The Kier molecular flexibility index (Phi) is 4.72. The van der Waals surface area contributed by atoms with Gasteiger partial charge in [0.2, 0.25) is 0 Å². The lowest BCUT2D eigenvalue weighted by molar-refractivity contribution is 0.607. The van der Waals surface area contributed by atoms with Crippen LogP contribution in [0.2, 0.25) is 0 Å². The van der Waals surface area contributed by atoms with Gasteiger partial charge < -0.3 is 0 Å². The van der Waals surface area contributed by atoms with E-state index >= 15 is 0 Å². The Bertz CT molecular complexity index is 183. The molecule has 1 rings (SSSR count). The van der Waals surface area contributed by atoms with Gasteiger partial charge in [-0.1, -0.05) is 34.9 Å². The molecule has 0 aromatic heterocycles. The Morgan fingerprint density at radius 3 is 1.18 bits per heavy atom. The van der Waals surface area contributed by atoms with Crippen LogP contribution in [0.5, 0.6) is 0 Å². The smallest absolute Gasteiger partial charge is 0.138 e. The summed E-state index contributed by atoms with van der Waals surface area (Å²) < 4.78 is 8.06. The van der Waals surface area contributed by atoms with E-state index in [4.69, 9.17) is 4.57 Å². The molecule has 1 aromatic rings. The Morgan fingerprint density at radius 2 is 1.00 bits per heavy atom. The highest BCUT2D eigenvalue weighted by atomic mass is 31.0. The van der Waals surface area contributed by atoms with Gasteiger partial charge in [0.05, 0.1) is 0 Å². The van der Waals surface area contributed by atoms with Crippen LogP contribution in [0.1, 0.15) is 16.7 Å². The fraction of sp³-hybridized carbons (Fsp3) is 0.333. The van der Waals surface area contributed by atoms with Crippen molar-refractivity contribution in [2.24, 2.45) is 0 Å². The predicted octanol–water partition coefficient (Wildman–Crippen LogP) is 3.09. The molecule has 0 aliphatic heterocycles. The summed E-state index contributed by atoms with van der Waals surface area (Å²) in [6, 6.07) is 6.56. The Balaban J connectivity index is 0.000000461. The van der Waals surface area contributed by atoms with Crippen molar-refractivity contribution in [3.05, 3.63) is 34.9 Å². The van der Waals surface area contributed by atoms with Crippen LogP contribution in [0, 0.1) is 20.8 Å². The van der Waals surface area contributed by atoms with Gasteiger partial charge in [-0.05, 0) is 20.8 Å². The highest BCUT2D eigenvalue weighted by Crippen LogP contribution is 2.06. The first-order chi connectivity index (χ1) is 5.18. The van der Waals surface area contributed by atoms with Crippen molar-refractivity contribution in [3.8, 4) is 0 Å². The number of benzene rings is 1. The van der Waals surface area contributed by atoms with Crippen LogP contribution in [0.4, 0.5) is 0 Å². The molecular formula is C9H13OP. The number of rotatable bonds is 0. The molecule has 60 valence electrons. The van der Waals surface area contributed by atoms with Gasteiger partial charge in [0.1, 0.15) is 9.12 Å². The van der Waals surface area contributed by atoms with E-state index < -0.39 is 0 Å². The van der Waals surface area contributed by atoms with E-state index in [2.05, 4.69) is 39.0 Å². The molecule has 0 atom stereocenters. The van der Waals surface area contributed by atoms with Crippen LogP contribution in [0.3, 0.4) is 0 Å². The average molecular weight is 168 g/mol. The van der Waals surface area contributed by atoms with Crippen LogP contribution in [-0.4, -0.2) is 0 Å². The predicted molar refractivity (Wildman–Crippen MR) is 49.7 cm³/mol. The molecule has 0 amide bonds. The largest absolute Gasteiger partial charge is 0.279 e. The summed E-state index contributed by atoms with van der Waals surface area (Å²) in [4.78, 5) is 0. The highest BCUT2D eigenvalue weighted by molar-refractivity contribution is 7.00. The Morgan fingerprint density at radius 1 is 0.818 bits per heavy atom. The Hall–Kier alpha value is -0.680. The van der Waals surface area contributed by atoms with Crippen LogP contribution < -0.4 is 0 Å². The molecule has 0 spiro atoms. The van der Waals surface area contributed by atoms with E-state index in [-0.39, 0.29) is 0 Å². The third kappa shape index (κ3) is 3.90. The lowest BCUT2D eigenvalue weighted by Gasteiger charge is -1.96. The maximum atomic E-state index is 8.06. The molecule has 0 heterocycles. The Labute approximate surface area is 70.1 Å². The van der Waals surface area contributed by atoms with Crippen molar-refractivity contribution < 1.29 is 4.57 Å². The van der Waals surface area contributed by atoms with Crippen LogP contribution in [0.15, 0.2) is 18.2 Å². The zero-order valence-corrected chi connectivity index (χ0v) is 8.14. The minimum atomic E-state index is 1.35. The summed E-state index contributed by atoms with van der Waals surface area (Å²) in [6.45, 7) is 6.38. The van der Waals surface area contributed by atoms with Crippen molar-refractivity contribution in [1.82, 2.24) is 0 Å². The zero-order valence-electron chi connectivity index (χ0n) is 7.14. The maximum absolute atomic E-state index is 8.06. The molecule has 0 fully saturated rings. The second-order valence-corrected chi connectivity index (χ2v) is 2.67. The summed E-state index contributed by atoms with van der Waals surface area (Å²) in [5, 5.41) is 0. The summed E-state index contributed by atoms with van der Waals surface area (Å²) in [5.74, 6) is 0. The third-order valence-corrected chi connectivity index (χ3v) is 1.37. The SMILES string of the molecule is Cc1cc(C)cc(C)c1.O=P. The van der Waals surface area contributed by atoms with Crippen molar-refractivity contribution in [2.75, 3.05) is 0 Å². The molecule has 0 saturated heterocycles. The lowest BCUT2D eigenvalue weighted by atomic mass is 10.1. The molecule has 0 aliphatic carbocycles. The number of hydrogen-bond donors (Lipinski definition) is 0. The second-order valence-electron chi connectivity index (χ2n) is 2.67. The molecule has 1 aromatic carbocycles. The van der Waals surface area contributed by atoms with Gasteiger partial charge in [-0.15, -0.1) is 0 Å². The van der Waals surface area contributed by atoms with Gasteiger partial charge >= 0.3 is 0 Å². The monoisotopic (exact) mass is 168 g/mol. The summed E-state index contributed by atoms with van der Waals surface area (Å²) in [6.07, 6.45) is 0. The van der Waals surface area contributed by atoms with Crippen LogP contribution >= 0.6 is 9.12 Å². The van der Waals surface area contributed by atoms with Gasteiger partial charge in [-0.2, -0.15) is 0 Å².